The van der Waals surface area contributed by atoms with Gasteiger partial charge in [-0.25, -0.2) is 0 Å². The van der Waals surface area contributed by atoms with Crippen molar-refractivity contribution in [3.8, 4) is 22.3 Å². The molecule has 7 rings (SSSR count). The van der Waals surface area contributed by atoms with Gasteiger partial charge in [0.2, 0.25) is 5.55 Å². The van der Waals surface area contributed by atoms with Crippen molar-refractivity contribution in [1.82, 2.24) is 4.57 Å². The van der Waals surface area contributed by atoms with E-state index < -0.39 is 0 Å². The molecular weight excluding hydrogens is 494 g/mol. The topological polar surface area (TPSA) is 55.9 Å². The van der Waals surface area contributed by atoms with Crippen LogP contribution >= 0.6 is 0 Å². The van der Waals surface area contributed by atoms with Gasteiger partial charge in [0.25, 0.3) is 0 Å². The summed E-state index contributed by atoms with van der Waals surface area (Å²) in [6.45, 7) is 4.06. The smallest absolute Gasteiger partial charge is 0.239 e. The van der Waals surface area contributed by atoms with Crippen LogP contribution in [0.3, 0.4) is 0 Å². The summed E-state index contributed by atoms with van der Waals surface area (Å²) in [5.41, 5.74) is 9.42. The van der Waals surface area contributed by atoms with Crippen LogP contribution in [0, 0.1) is 13.8 Å². The Morgan fingerprint density at radius 2 is 1.38 bits per heavy atom. The second-order valence-corrected chi connectivity index (χ2v) is 10.1. The molecule has 5 nitrogen and oxygen atoms in total. The summed E-state index contributed by atoms with van der Waals surface area (Å²) < 4.78 is 14.8. The normalized spacial score (nSPS) is 12.4. The largest absolute Gasteiger partial charge is 0.460 e. The van der Waals surface area contributed by atoms with Crippen LogP contribution in [0.2, 0.25) is 0 Å². The molecule has 0 unspecified atom stereocenters. The molecule has 0 N–H and O–H groups in total. The molecule has 0 fully saturated rings. The van der Waals surface area contributed by atoms with Crippen molar-refractivity contribution in [2.45, 2.75) is 13.8 Å². The maximum Gasteiger partial charge on any atom is 0.239 e. The highest BCUT2D eigenvalue weighted by Gasteiger charge is 2.20. The molecule has 7 aromatic rings. The molecule has 0 atom stereocenters. The van der Waals surface area contributed by atoms with Gasteiger partial charge in [0, 0.05) is 57.7 Å². The van der Waals surface area contributed by atoms with Crippen molar-refractivity contribution in [1.29, 1.82) is 0 Å². The minimum Gasteiger partial charge on any atom is -0.460 e. The molecule has 5 heteroatoms. The summed E-state index contributed by atoms with van der Waals surface area (Å²) in [6, 6.07) is 33.1. The third-order valence-electron chi connectivity index (χ3n) is 7.53. The molecule has 194 valence electrons. The van der Waals surface area contributed by atoms with Gasteiger partial charge in [-0.1, -0.05) is 78.9 Å². The van der Waals surface area contributed by atoms with Crippen LogP contribution in [0.5, 0.6) is 0 Å². The van der Waals surface area contributed by atoms with Crippen LogP contribution in [0.15, 0.2) is 122 Å². The Morgan fingerprint density at radius 3 is 2.15 bits per heavy atom. The van der Waals surface area contributed by atoms with E-state index in [0.29, 0.717) is 5.55 Å². The maximum absolute atomic E-state index is 6.40. The van der Waals surface area contributed by atoms with E-state index in [-0.39, 0.29) is 0 Å². The molecule has 0 saturated heterocycles. The van der Waals surface area contributed by atoms with Crippen molar-refractivity contribution < 1.29 is 8.83 Å². The zero-order valence-electron chi connectivity index (χ0n) is 22.6. The van der Waals surface area contributed by atoms with Crippen molar-refractivity contribution >= 4 is 39.1 Å². The number of fused-ring (bicyclic) bond motifs is 3. The van der Waals surface area contributed by atoms with Crippen LogP contribution in [-0.4, -0.2) is 10.8 Å². The molecule has 0 amide bonds. The van der Waals surface area contributed by atoms with Crippen molar-refractivity contribution in [3.63, 3.8) is 0 Å². The Morgan fingerprint density at radius 1 is 0.700 bits per heavy atom. The van der Waals surface area contributed by atoms with Crippen LogP contribution in [0.25, 0.3) is 55.1 Å². The van der Waals surface area contributed by atoms with E-state index in [1.165, 1.54) is 0 Å². The Bertz CT molecular complexity index is 2130. The van der Waals surface area contributed by atoms with Crippen LogP contribution < -0.4 is 5.55 Å². The molecule has 0 aliphatic heterocycles. The highest BCUT2D eigenvalue weighted by atomic mass is 16.3. The molecule has 0 spiro atoms. The van der Waals surface area contributed by atoms with E-state index in [0.717, 1.165) is 72.0 Å². The molecule has 4 aromatic carbocycles. The van der Waals surface area contributed by atoms with Crippen LogP contribution in [0.4, 0.5) is 0 Å². The number of rotatable bonds is 4. The molecular formula is C35H27N3O2. The fourth-order valence-electron chi connectivity index (χ4n) is 5.65. The quantitative estimate of drug-likeness (QED) is 0.172. The summed E-state index contributed by atoms with van der Waals surface area (Å²) >= 11 is 0. The lowest BCUT2D eigenvalue weighted by Crippen LogP contribution is -2.02. The first-order valence-corrected chi connectivity index (χ1v) is 13.3. The van der Waals surface area contributed by atoms with Crippen molar-refractivity contribution in [2.24, 2.45) is 17.3 Å². The van der Waals surface area contributed by atoms with Gasteiger partial charge in [0.15, 0.2) is 0 Å². The predicted molar refractivity (Wildman–Crippen MR) is 162 cm³/mol. The summed E-state index contributed by atoms with van der Waals surface area (Å²) in [5.74, 6) is 0.880. The highest BCUT2D eigenvalue weighted by Crippen LogP contribution is 2.41. The third-order valence-corrected chi connectivity index (χ3v) is 7.53. The van der Waals surface area contributed by atoms with Gasteiger partial charge < -0.3 is 13.4 Å². The standard InChI is InChI=1S/C35H27N3O2/c1-22-34-29(18-30-33(23(2)39-35(22)30)25-14-8-5-9-15-25)28(24-12-6-4-7-13-24)19-32(40-34)37-36-20-26-21-38(3)31-17-11-10-16-27(26)31/h4-21H,1-3H3. The lowest BCUT2D eigenvalue weighted by atomic mass is 9.96. The first-order chi connectivity index (χ1) is 19.6. The average molecular weight is 522 g/mol. The number of furan rings is 1. The Hall–Kier alpha value is -5.16. The number of hydrogen-bond donors (Lipinski definition) is 0. The molecule has 0 radical (unpaired) electrons. The summed E-state index contributed by atoms with van der Waals surface area (Å²) in [5, 5.41) is 12.1. The maximum atomic E-state index is 6.40. The number of aryl methyl sites for hydroxylation is 3. The second-order valence-electron chi connectivity index (χ2n) is 10.1. The molecule has 3 heterocycles. The third kappa shape index (κ3) is 3.95. The average Bonchev–Trinajstić information content (AvgIpc) is 3.50. The van der Waals surface area contributed by atoms with E-state index in [4.69, 9.17) is 8.83 Å². The number of para-hydroxylation sites is 1. The fourth-order valence-corrected chi connectivity index (χ4v) is 5.65. The minimum atomic E-state index is 0.428. The van der Waals surface area contributed by atoms with E-state index in [2.05, 4.69) is 75.6 Å². The van der Waals surface area contributed by atoms with Crippen molar-refractivity contribution in [2.75, 3.05) is 0 Å². The van der Waals surface area contributed by atoms with E-state index >= 15 is 0 Å². The molecule has 3 aromatic heterocycles. The SMILES string of the molecule is Cc1oc2c(C)c3oc(=NN=Cc4cn(C)c5ccccc45)cc(-c4ccccc4)c3cc2c1-c1ccccc1. The van der Waals surface area contributed by atoms with Gasteiger partial charge >= 0.3 is 0 Å². The summed E-state index contributed by atoms with van der Waals surface area (Å²) in [6.07, 6.45) is 3.84. The molecule has 0 bridgehead atoms. The molecule has 0 aliphatic carbocycles. The monoisotopic (exact) mass is 521 g/mol. The lowest BCUT2D eigenvalue weighted by molar-refractivity contribution is 0.533. The first-order valence-electron chi connectivity index (χ1n) is 13.3. The molecule has 40 heavy (non-hydrogen) atoms. The Labute approximate surface area is 231 Å². The summed E-state index contributed by atoms with van der Waals surface area (Å²) in [4.78, 5) is 0. The zero-order valence-corrected chi connectivity index (χ0v) is 22.6. The van der Waals surface area contributed by atoms with Gasteiger partial charge in [0.1, 0.15) is 16.9 Å². The minimum absolute atomic E-state index is 0.428. The predicted octanol–water partition coefficient (Wildman–Crippen LogP) is 8.56. The first kappa shape index (κ1) is 23.9. The highest BCUT2D eigenvalue weighted by molar-refractivity contribution is 6.08. The van der Waals surface area contributed by atoms with E-state index in [1.807, 2.05) is 63.4 Å². The van der Waals surface area contributed by atoms with Gasteiger partial charge in [-0.15, -0.1) is 5.10 Å². The Balaban J connectivity index is 1.45. The van der Waals surface area contributed by atoms with Gasteiger partial charge in [-0.05, 0) is 42.7 Å². The number of hydrogen-bond acceptors (Lipinski definition) is 4. The van der Waals surface area contributed by atoms with Gasteiger partial charge in [0.05, 0.1) is 6.21 Å². The summed E-state index contributed by atoms with van der Waals surface area (Å²) in [7, 11) is 2.03. The second kappa shape index (κ2) is 9.54. The van der Waals surface area contributed by atoms with Gasteiger partial charge in [-0.3, -0.25) is 0 Å². The molecule has 0 saturated carbocycles. The number of aromatic nitrogens is 1. The van der Waals surface area contributed by atoms with E-state index in [1.54, 1.807) is 6.21 Å². The zero-order chi connectivity index (χ0) is 27.2. The number of benzene rings is 4. The lowest BCUT2D eigenvalue weighted by Gasteiger charge is -2.09. The Kier molecular flexibility index (Phi) is 5.71. The van der Waals surface area contributed by atoms with Crippen LogP contribution in [-0.2, 0) is 7.05 Å². The van der Waals surface area contributed by atoms with Crippen LogP contribution in [0.1, 0.15) is 16.9 Å². The fraction of sp³-hybridized carbons (Fsp3) is 0.0857. The number of nitrogens with zero attached hydrogens (tertiary/aromatic N) is 3. The molecule has 0 aliphatic rings. The van der Waals surface area contributed by atoms with Gasteiger partial charge in [-0.2, -0.15) is 5.10 Å². The van der Waals surface area contributed by atoms with E-state index in [9.17, 15) is 0 Å². The van der Waals surface area contributed by atoms with Crippen molar-refractivity contribution in [3.05, 3.63) is 126 Å².